The number of piperazine rings is 1. The summed E-state index contributed by atoms with van der Waals surface area (Å²) in [5, 5.41) is 10.5. The number of rotatable bonds is 6. The van der Waals surface area contributed by atoms with E-state index in [0.717, 1.165) is 51.1 Å². The lowest BCUT2D eigenvalue weighted by atomic mass is 9.89. The van der Waals surface area contributed by atoms with Crippen molar-refractivity contribution in [2.75, 3.05) is 44.2 Å². The maximum atomic E-state index is 13.1. The molecule has 0 saturated carbocycles. The normalized spacial score (nSPS) is 21.4. The van der Waals surface area contributed by atoms with Crippen LogP contribution >= 0.6 is 0 Å². The van der Waals surface area contributed by atoms with Crippen LogP contribution in [-0.4, -0.2) is 55.4 Å². The number of fused-ring (bicyclic) bond motifs is 1. The Balaban J connectivity index is 1.22. The van der Waals surface area contributed by atoms with E-state index in [1.165, 1.54) is 23.3 Å². The van der Waals surface area contributed by atoms with E-state index in [4.69, 9.17) is 4.74 Å². The fourth-order valence-corrected chi connectivity index (χ4v) is 4.30. The van der Waals surface area contributed by atoms with Crippen LogP contribution in [0.3, 0.4) is 0 Å². The van der Waals surface area contributed by atoms with E-state index in [1.54, 1.807) is 0 Å². The molecular formula is C23H29FN2O2. The van der Waals surface area contributed by atoms with Gasteiger partial charge >= 0.3 is 0 Å². The number of hydrogen-bond acceptors (Lipinski definition) is 4. The zero-order valence-corrected chi connectivity index (χ0v) is 16.3. The number of aliphatic hydroxyl groups is 1. The molecule has 4 nitrogen and oxygen atoms in total. The second-order valence-electron chi connectivity index (χ2n) is 7.83. The van der Waals surface area contributed by atoms with Gasteiger partial charge in [-0.2, -0.15) is 0 Å². The molecule has 150 valence electrons. The number of ether oxygens (including phenoxy) is 1. The highest BCUT2D eigenvalue weighted by Gasteiger charge is 2.23. The van der Waals surface area contributed by atoms with Gasteiger partial charge in [-0.05, 0) is 54.7 Å². The van der Waals surface area contributed by atoms with Crippen LogP contribution in [0, 0.1) is 5.82 Å². The molecule has 0 spiro atoms. The number of aryl methyl sites for hydroxylation is 1. The summed E-state index contributed by atoms with van der Waals surface area (Å²) in [6.45, 7) is 4.55. The van der Waals surface area contributed by atoms with Crippen LogP contribution in [0.4, 0.5) is 10.1 Å². The summed E-state index contributed by atoms with van der Waals surface area (Å²) in [7, 11) is 0. The zero-order valence-electron chi connectivity index (χ0n) is 16.3. The molecule has 2 atom stereocenters. The Kier molecular flexibility index (Phi) is 6.25. The zero-order chi connectivity index (χ0) is 19.3. The molecular weight excluding hydrogens is 355 g/mol. The number of nitrogens with zero attached hydrogens (tertiary/aromatic N) is 2. The summed E-state index contributed by atoms with van der Waals surface area (Å²) in [6.07, 6.45) is 2.92. The summed E-state index contributed by atoms with van der Waals surface area (Å²) in [5.74, 6) is -0.203. The molecule has 2 aliphatic rings. The summed E-state index contributed by atoms with van der Waals surface area (Å²) in [4.78, 5) is 4.54. The minimum atomic E-state index is -0.480. The van der Waals surface area contributed by atoms with E-state index in [0.29, 0.717) is 13.2 Å². The lowest BCUT2D eigenvalue weighted by Crippen LogP contribution is -2.49. The highest BCUT2D eigenvalue weighted by Crippen LogP contribution is 2.32. The molecule has 4 rings (SSSR count). The molecule has 28 heavy (non-hydrogen) atoms. The molecule has 0 amide bonds. The Bertz CT molecular complexity index is 759. The Morgan fingerprint density at radius 1 is 1.04 bits per heavy atom. The topological polar surface area (TPSA) is 35.9 Å². The minimum absolute atomic E-state index is 0.106. The van der Waals surface area contributed by atoms with Crippen molar-refractivity contribution in [3.8, 4) is 0 Å². The van der Waals surface area contributed by atoms with Crippen molar-refractivity contribution in [2.45, 2.75) is 31.5 Å². The van der Waals surface area contributed by atoms with E-state index in [-0.39, 0.29) is 11.9 Å². The quantitative estimate of drug-likeness (QED) is 0.828. The fourth-order valence-electron chi connectivity index (χ4n) is 4.30. The lowest BCUT2D eigenvalue weighted by Gasteiger charge is -2.37. The molecule has 0 radical (unpaired) electrons. The third-order valence-corrected chi connectivity index (χ3v) is 5.84. The van der Waals surface area contributed by atoms with Gasteiger partial charge in [0.2, 0.25) is 0 Å². The van der Waals surface area contributed by atoms with Gasteiger partial charge in [-0.25, -0.2) is 4.39 Å². The number of hydrogen-bond donors (Lipinski definition) is 1. The average molecular weight is 384 g/mol. The molecule has 1 N–H and O–H groups in total. The molecule has 0 bridgehead atoms. The van der Waals surface area contributed by atoms with Crippen LogP contribution in [0.2, 0.25) is 0 Å². The third-order valence-electron chi connectivity index (χ3n) is 5.84. The number of benzene rings is 2. The molecule has 5 heteroatoms. The fraction of sp³-hybridized carbons (Fsp3) is 0.478. The average Bonchev–Trinajstić information content (AvgIpc) is 2.73. The molecule has 0 unspecified atom stereocenters. The van der Waals surface area contributed by atoms with Gasteiger partial charge in [-0.1, -0.05) is 24.3 Å². The van der Waals surface area contributed by atoms with Gasteiger partial charge in [0.25, 0.3) is 0 Å². The van der Waals surface area contributed by atoms with Crippen LogP contribution < -0.4 is 4.90 Å². The smallest absolute Gasteiger partial charge is 0.123 e. The first-order valence-electron chi connectivity index (χ1n) is 10.3. The van der Waals surface area contributed by atoms with Crippen molar-refractivity contribution in [3.63, 3.8) is 0 Å². The Hall–Kier alpha value is -1.95. The molecule has 1 fully saturated rings. The SMILES string of the molecule is O[C@@H](CO[C@@H]1CCCc2ccccc21)CN1CCN(c2ccc(F)cc2)CC1. The van der Waals surface area contributed by atoms with Gasteiger partial charge in [-0.15, -0.1) is 0 Å². The monoisotopic (exact) mass is 384 g/mol. The van der Waals surface area contributed by atoms with E-state index in [2.05, 4.69) is 34.1 Å². The Labute approximate surface area is 166 Å². The van der Waals surface area contributed by atoms with Crippen molar-refractivity contribution in [3.05, 3.63) is 65.5 Å². The summed E-state index contributed by atoms with van der Waals surface area (Å²) in [5.41, 5.74) is 3.72. The molecule has 0 aromatic heterocycles. The van der Waals surface area contributed by atoms with E-state index in [1.807, 2.05) is 12.1 Å². The standard InChI is InChI=1S/C23H29FN2O2/c24-19-8-10-20(11-9-19)26-14-12-25(13-15-26)16-21(27)17-28-23-7-3-5-18-4-1-2-6-22(18)23/h1-2,4,6,8-11,21,23,27H,3,5,7,12-17H2/t21-,23-/m1/s1. The number of anilines is 1. The van der Waals surface area contributed by atoms with Crippen LogP contribution in [0.1, 0.15) is 30.1 Å². The number of β-amino-alcohol motifs (C(OH)–C–C–N with tert-alkyl or cyclic N) is 1. The summed E-state index contributed by atoms with van der Waals surface area (Å²) < 4.78 is 19.2. The highest BCUT2D eigenvalue weighted by molar-refractivity contribution is 5.46. The van der Waals surface area contributed by atoms with Crippen LogP contribution in [-0.2, 0) is 11.2 Å². The van der Waals surface area contributed by atoms with Gasteiger partial charge in [0, 0.05) is 38.4 Å². The second kappa shape index (κ2) is 9.03. The van der Waals surface area contributed by atoms with Crippen LogP contribution in [0.5, 0.6) is 0 Å². The van der Waals surface area contributed by atoms with E-state index < -0.39 is 6.10 Å². The molecule has 1 aliphatic heterocycles. The number of halogens is 1. The first-order valence-corrected chi connectivity index (χ1v) is 10.3. The second-order valence-corrected chi connectivity index (χ2v) is 7.83. The molecule has 1 saturated heterocycles. The van der Waals surface area contributed by atoms with Crippen molar-refractivity contribution < 1.29 is 14.2 Å². The van der Waals surface area contributed by atoms with Gasteiger partial charge in [-0.3, -0.25) is 4.90 Å². The summed E-state index contributed by atoms with van der Waals surface area (Å²) >= 11 is 0. The van der Waals surface area contributed by atoms with Crippen molar-refractivity contribution >= 4 is 5.69 Å². The first-order chi connectivity index (χ1) is 13.7. The van der Waals surface area contributed by atoms with Crippen LogP contribution in [0.15, 0.2) is 48.5 Å². The lowest BCUT2D eigenvalue weighted by molar-refractivity contribution is -0.0285. The molecule has 2 aromatic carbocycles. The van der Waals surface area contributed by atoms with Gasteiger partial charge in [0.05, 0.1) is 18.8 Å². The summed E-state index contributed by atoms with van der Waals surface area (Å²) in [6, 6.07) is 15.2. The predicted octanol–water partition coefficient (Wildman–Crippen LogP) is 3.40. The van der Waals surface area contributed by atoms with E-state index >= 15 is 0 Å². The Morgan fingerprint density at radius 3 is 2.57 bits per heavy atom. The van der Waals surface area contributed by atoms with Crippen molar-refractivity contribution in [1.82, 2.24) is 4.90 Å². The first kappa shape index (κ1) is 19.4. The van der Waals surface area contributed by atoms with E-state index in [9.17, 15) is 9.50 Å². The molecule has 1 heterocycles. The van der Waals surface area contributed by atoms with Crippen molar-refractivity contribution in [1.29, 1.82) is 0 Å². The largest absolute Gasteiger partial charge is 0.389 e. The van der Waals surface area contributed by atoms with Crippen molar-refractivity contribution in [2.24, 2.45) is 0 Å². The van der Waals surface area contributed by atoms with Crippen LogP contribution in [0.25, 0.3) is 0 Å². The predicted molar refractivity (Wildman–Crippen MR) is 109 cm³/mol. The maximum absolute atomic E-state index is 13.1. The maximum Gasteiger partial charge on any atom is 0.123 e. The van der Waals surface area contributed by atoms with Gasteiger partial charge in [0.15, 0.2) is 0 Å². The third kappa shape index (κ3) is 4.72. The number of aliphatic hydroxyl groups excluding tert-OH is 1. The Morgan fingerprint density at radius 2 is 1.79 bits per heavy atom. The minimum Gasteiger partial charge on any atom is -0.389 e. The van der Waals surface area contributed by atoms with Gasteiger partial charge in [0.1, 0.15) is 5.82 Å². The molecule has 1 aliphatic carbocycles. The molecule has 2 aromatic rings. The highest BCUT2D eigenvalue weighted by atomic mass is 19.1. The van der Waals surface area contributed by atoms with Gasteiger partial charge < -0.3 is 14.7 Å².